The van der Waals surface area contributed by atoms with Crippen LogP contribution in [0.25, 0.3) is 10.9 Å². The fraction of sp³-hybridized carbons (Fsp3) is 0.529. The van der Waals surface area contributed by atoms with Crippen molar-refractivity contribution >= 4 is 10.9 Å². The second-order valence-electron chi connectivity index (χ2n) is 5.80. The average Bonchev–Trinajstić information content (AvgIpc) is 2.80. The van der Waals surface area contributed by atoms with Gasteiger partial charge in [-0.25, -0.2) is 0 Å². The van der Waals surface area contributed by atoms with Crippen LogP contribution in [0.15, 0.2) is 30.3 Å². The van der Waals surface area contributed by atoms with Gasteiger partial charge in [-0.1, -0.05) is 50.3 Å². The maximum absolute atomic E-state index is 3.74. The number of aromatic amines is 1. The van der Waals surface area contributed by atoms with E-state index in [1.807, 2.05) is 0 Å². The summed E-state index contributed by atoms with van der Waals surface area (Å²) in [6, 6.07) is 11.5. The summed E-state index contributed by atoms with van der Waals surface area (Å²) in [5, 5.41) is 5.05. The Morgan fingerprint density at radius 3 is 2.53 bits per heavy atom. The van der Waals surface area contributed by atoms with Crippen LogP contribution in [0, 0.1) is 0 Å². The summed E-state index contributed by atoms with van der Waals surface area (Å²) in [7, 11) is 0. The number of para-hydroxylation sites is 1. The molecule has 1 fully saturated rings. The highest BCUT2D eigenvalue weighted by molar-refractivity contribution is 5.80. The Kier molecular flexibility index (Phi) is 4.19. The summed E-state index contributed by atoms with van der Waals surface area (Å²) in [5.74, 6) is 0. The molecule has 0 unspecified atom stereocenters. The summed E-state index contributed by atoms with van der Waals surface area (Å²) in [6.45, 7) is 0.972. The number of rotatable bonds is 3. The molecule has 1 aliphatic rings. The van der Waals surface area contributed by atoms with E-state index in [1.54, 1.807) is 0 Å². The summed E-state index contributed by atoms with van der Waals surface area (Å²) in [6.07, 6.45) is 9.76. The Balaban J connectivity index is 1.58. The van der Waals surface area contributed by atoms with Gasteiger partial charge in [0.15, 0.2) is 0 Å². The monoisotopic (exact) mass is 256 g/mol. The molecule has 0 spiro atoms. The molecule has 2 N–H and O–H groups in total. The second kappa shape index (κ2) is 6.25. The normalized spacial score (nSPS) is 18.3. The van der Waals surface area contributed by atoms with Crippen molar-refractivity contribution in [1.29, 1.82) is 0 Å². The second-order valence-corrected chi connectivity index (χ2v) is 5.80. The standard InChI is InChI=1S/C17H24N2/c1-2-4-9-15(10-5-3-1)18-13-16-12-14-8-6-7-11-17(14)19-16/h6-8,11-12,15,18-19H,1-5,9-10,13H2. The number of hydrogen-bond donors (Lipinski definition) is 2. The molecule has 0 bridgehead atoms. The fourth-order valence-electron chi connectivity index (χ4n) is 3.14. The lowest BCUT2D eigenvalue weighted by Crippen LogP contribution is -2.29. The van der Waals surface area contributed by atoms with Gasteiger partial charge in [-0.15, -0.1) is 0 Å². The van der Waals surface area contributed by atoms with Gasteiger partial charge in [-0.2, -0.15) is 0 Å². The molecule has 102 valence electrons. The molecule has 1 saturated carbocycles. The van der Waals surface area contributed by atoms with E-state index in [0.29, 0.717) is 6.04 Å². The first-order valence-electron chi connectivity index (χ1n) is 7.72. The first-order valence-corrected chi connectivity index (χ1v) is 7.72. The Hall–Kier alpha value is -1.28. The fourth-order valence-corrected chi connectivity index (χ4v) is 3.14. The molecule has 2 aromatic rings. The zero-order valence-electron chi connectivity index (χ0n) is 11.6. The summed E-state index contributed by atoms with van der Waals surface area (Å²) < 4.78 is 0. The number of hydrogen-bond acceptors (Lipinski definition) is 1. The lowest BCUT2D eigenvalue weighted by molar-refractivity contribution is 0.388. The number of H-pyrrole nitrogens is 1. The Bertz CT molecular complexity index is 474. The van der Waals surface area contributed by atoms with Crippen LogP contribution in [0.3, 0.4) is 0 Å². The smallest absolute Gasteiger partial charge is 0.0456 e. The minimum absolute atomic E-state index is 0.715. The van der Waals surface area contributed by atoms with Gasteiger partial charge in [0.1, 0.15) is 0 Å². The molecule has 1 aromatic heterocycles. The summed E-state index contributed by atoms with van der Waals surface area (Å²) in [5.41, 5.74) is 2.56. The lowest BCUT2D eigenvalue weighted by Gasteiger charge is -2.20. The van der Waals surface area contributed by atoms with Crippen LogP contribution in [0.1, 0.15) is 50.6 Å². The van der Waals surface area contributed by atoms with E-state index < -0.39 is 0 Å². The Morgan fingerprint density at radius 1 is 1.00 bits per heavy atom. The van der Waals surface area contributed by atoms with Crippen LogP contribution in [0.2, 0.25) is 0 Å². The number of aromatic nitrogens is 1. The van der Waals surface area contributed by atoms with E-state index in [1.165, 1.54) is 61.5 Å². The molecule has 1 aromatic carbocycles. The predicted octanol–water partition coefficient (Wildman–Crippen LogP) is 4.37. The third-order valence-corrected chi connectivity index (χ3v) is 4.27. The van der Waals surface area contributed by atoms with Crippen molar-refractivity contribution in [1.82, 2.24) is 10.3 Å². The first kappa shape index (κ1) is 12.7. The van der Waals surface area contributed by atoms with Gasteiger partial charge in [-0.05, 0) is 30.4 Å². The molecule has 0 atom stereocenters. The van der Waals surface area contributed by atoms with Crippen LogP contribution in [0.4, 0.5) is 0 Å². The number of benzene rings is 1. The molecule has 0 amide bonds. The van der Waals surface area contributed by atoms with E-state index in [2.05, 4.69) is 40.6 Å². The highest BCUT2D eigenvalue weighted by atomic mass is 14.9. The Labute approximate surface area is 115 Å². The molecule has 1 aliphatic carbocycles. The topological polar surface area (TPSA) is 27.8 Å². The van der Waals surface area contributed by atoms with Crippen LogP contribution in [0.5, 0.6) is 0 Å². The van der Waals surface area contributed by atoms with E-state index in [0.717, 1.165) is 6.54 Å². The van der Waals surface area contributed by atoms with E-state index >= 15 is 0 Å². The van der Waals surface area contributed by atoms with Crippen LogP contribution in [-0.4, -0.2) is 11.0 Å². The first-order chi connectivity index (χ1) is 9.42. The third-order valence-electron chi connectivity index (χ3n) is 4.27. The summed E-state index contributed by atoms with van der Waals surface area (Å²) >= 11 is 0. The molecular formula is C17H24N2. The molecule has 0 radical (unpaired) electrons. The molecule has 0 aliphatic heterocycles. The maximum atomic E-state index is 3.74. The molecule has 1 heterocycles. The minimum atomic E-state index is 0.715. The third kappa shape index (κ3) is 3.38. The lowest BCUT2D eigenvalue weighted by atomic mass is 9.97. The van der Waals surface area contributed by atoms with E-state index in [4.69, 9.17) is 0 Å². The van der Waals surface area contributed by atoms with Gasteiger partial charge in [0.25, 0.3) is 0 Å². The molecular weight excluding hydrogens is 232 g/mol. The highest BCUT2D eigenvalue weighted by Crippen LogP contribution is 2.18. The van der Waals surface area contributed by atoms with Crippen LogP contribution >= 0.6 is 0 Å². The van der Waals surface area contributed by atoms with Gasteiger partial charge < -0.3 is 10.3 Å². The molecule has 0 saturated heterocycles. The zero-order chi connectivity index (χ0) is 12.9. The zero-order valence-corrected chi connectivity index (χ0v) is 11.6. The van der Waals surface area contributed by atoms with E-state index in [-0.39, 0.29) is 0 Å². The highest BCUT2D eigenvalue weighted by Gasteiger charge is 2.11. The van der Waals surface area contributed by atoms with Crippen molar-refractivity contribution in [3.63, 3.8) is 0 Å². The number of nitrogens with one attached hydrogen (secondary N) is 2. The van der Waals surface area contributed by atoms with Crippen LogP contribution < -0.4 is 5.32 Å². The van der Waals surface area contributed by atoms with Crippen molar-refractivity contribution in [2.24, 2.45) is 0 Å². The van der Waals surface area contributed by atoms with Gasteiger partial charge in [0.2, 0.25) is 0 Å². The van der Waals surface area contributed by atoms with Crippen molar-refractivity contribution < 1.29 is 0 Å². The minimum Gasteiger partial charge on any atom is -0.357 e. The molecule has 2 heteroatoms. The van der Waals surface area contributed by atoms with Crippen molar-refractivity contribution in [3.05, 3.63) is 36.0 Å². The molecule has 19 heavy (non-hydrogen) atoms. The van der Waals surface area contributed by atoms with Crippen molar-refractivity contribution in [3.8, 4) is 0 Å². The van der Waals surface area contributed by atoms with Crippen LogP contribution in [-0.2, 0) is 6.54 Å². The van der Waals surface area contributed by atoms with Gasteiger partial charge in [0.05, 0.1) is 0 Å². The van der Waals surface area contributed by atoms with E-state index in [9.17, 15) is 0 Å². The van der Waals surface area contributed by atoms with Gasteiger partial charge >= 0.3 is 0 Å². The molecule has 2 nitrogen and oxygen atoms in total. The average molecular weight is 256 g/mol. The quantitative estimate of drug-likeness (QED) is 0.838. The SMILES string of the molecule is c1ccc2[nH]c(CNC3CCCCCCC3)cc2c1. The number of fused-ring (bicyclic) bond motifs is 1. The van der Waals surface area contributed by atoms with Gasteiger partial charge in [-0.3, -0.25) is 0 Å². The summed E-state index contributed by atoms with van der Waals surface area (Å²) in [4.78, 5) is 3.50. The maximum Gasteiger partial charge on any atom is 0.0456 e. The Morgan fingerprint density at radius 2 is 1.74 bits per heavy atom. The molecule has 3 rings (SSSR count). The van der Waals surface area contributed by atoms with Gasteiger partial charge in [0, 0.05) is 23.8 Å². The predicted molar refractivity (Wildman–Crippen MR) is 81.2 cm³/mol. The van der Waals surface area contributed by atoms with Crippen molar-refractivity contribution in [2.45, 2.75) is 57.5 Å². The largest absolute Gasteiger partial charge is 0.357 e. The van der Waals surface area contributed by atoms with Crippen molar-refractivity contribution in [2.75, 3.05) is 0 Å².